The van der Waals surface area contributed by atoms with E-state index in [-0.39, 0.29) is 22.9 Å². The van der Waals surface area contributed by atoms with Gasteiger partial charge in [-0.1, -0.05) is 23.7 Å². The van der Waals surface area contributed by atoms with Crippen LogP contribution >= 0.6 is 11.6 Å². The molecule has 1 saturated heterocycles. The van der Waals surface area contributed by atoms with Crippen molar-refractivity contribution in [2.75, 3.05) is 26.3 Å². The fourth-order valence-electron chi connectivity index (χ4n) is 3.41. The van der Waals surface area contributed by atoms with Crippen LogP contribution in [0.4, 0.5) is 5.69 Å². The Balaban J connectivity index is 1.38. The fraction of sp³-hybridized carbons (Fsp3) is 0.286. The molecule has 3 aromatic rings. The average molecular weight is 477 g/mol. The number of aryl methyl sites for hydroxylation is 1. The van der Waals surface area contributed by atoms with Gasteiger partial charge >= 0.3 is 0 Å². The van der Waals surface area contributed by atoms with Crippen LogP contribution in [0.15, 0.2) is 57.6 Å². The Kier molecular flexibility index (Phi) is 6.56. The number of aromatic nitrogens is 1. The molecule has 0 aliphatic carbocycles. The monoisotopic (exact) mass is 476 g/mol. The zero-order chi connectivity index (χ0) is 22.7. The van der Waals surface area contributed by atoms with Crippen LogP contribution in [0.3, 0.4) is 0 Å². The summed E-state index contributed by atoms with van der Waals surface area (Å²) in [5.41, 5.74) is 1.57. The molecule has 1 aromatic heterocycles. The predicted molar refractivity (Wildman–Crippen MR) is 119 cm³/mol. The summed E-state index contributed by atoms with van der Waals surface area (Å²) < 4.78 is 31.9. The number of amides is 1. The number of carbonyl (C=O) groups is 1. The van der Waals surface area contributed by atoms with Gasteiger partial charge in [-0.3, -0.25) is 4.79 Å². The summed E-state index contributed by atoms with van der Waals surface area (Å²) in [5.74, 6) is -0.665. The average Bonchev–Trinajstić information content (AvgIpc) is 3.11. The molecule has 2 aromatic carbocycles. The molecule has 0 atom stereocenters. The molecule has 0 radical (unpaired) electrons. The molecule has 1 amide bonds. The Bertz CT molecular complexity index is 1270. The summed E-state index contributed by atoms with van der Waals surface area (Å²) in [4.78, 5) is 15.1. The maximum absolute atomic E-state index is 12.7. The molecule has 1 fully saturated rings. The van der Waals surface area contributed by atoms with Gasteiger partial charge in [-0.25, -0.2) is 8.42 Å². The quantitative estimate of drug-likeness (QED) is 0.523. The van der Waals surface area contributed by atoms with Crippen molar-refractivity contribution in [2.24, 2.45) is 10.2 Å². The highest BCUT2D eigenvalue weighted by Crippen LogP contribution is 2.36. The first-order valence-corrected chi connectivity index (χ1v) is 11.8. The van der Waals surface area contributed by atoms with Gasteiger partial charge in [0.25, 0.3) is 5.91 Å². The second-order valence-electron chi connectivity index (χ2n) is 7.27. The zero-order valence-corrected chi connectivity index (χ0v) is 18.6. The Hall–Kier alpha value is -2.79. The normalized spacial score (nSPS) is 15.5. The summed E-state index contributed by atoms with van der Waals surface area (Å²) in [6.07, 6.45) is 0.463. The molecule has 0 unspecified atom stereocenters. The van der Waals surface area contributed by atoms with E-state index in [9.17, 15) is 18.3 Å². The number of hydrogen-bond acceptors (Lipinski definition) is 6. The van der Waals surface area contributed by atoms with Crippen LogP contribution in [-0.4, -0.2) is 55.0 Å². The highest BCUT2D eigenvalue weighted by Gasteiger charge is 2.26. The number of ether oxygens (including phenoxy) is 1. The lowest BCUT2D eigenvalue weighted by atomic mass is 10.1. The minimum atomic E-state index is -3.55. The molecule has 4 rings (SSSR count). The number of sulfonamides is 1. The Labute approximate surface area is 189 Å². The largest absolute Gasteiger partial charge is 0.493 e. The van der Waals surface area contributed by atoms with Gasteiger partial charge in [0.05, 0.1) is 23.6 Å². The van der Waals surface area contributed by atoms with E-state index < -0.39 is 15.9 Å². The van der Waals surface area contributed by atoms with Crippen molar-refractivity contribution < 1.29 is 23.1 Å². The highest BCUT2D eigenvalue weighted by atomic mass is 35.5. The van der Waals surface area contributed by atoms with E-state index in [1.165, 1.54) is 4.31 Å². The number of halogens is 1. The molecule has 2 N–H and O–H groups in total. The van der Waals surface area contributed by atoms with Gasteiger partial charge < -0.3 is 14.8 Å². The first-order valence-electron chi connectivity index (χ1n) is 9.96. The molecule has 32 heavy (non-hydrogen) atoms. The predicted octanol–water partition coefficient (Wildman–Crippen LogP) is 3.79. The Morgan fingerprint density at radius 2 is 1.88 bits per heavy atom. The molecule has 1 aliphatic heterocycles. The lowest BCUT2D eigenvalue weighted by Crippen LogP contribution is -2.40. The number of H-pyrrole nitrogens is 1. The number of azo groups is 1. The van der Waals surface area contributed by atoms with Crippen LogP contribution in [0.1, 0.15) is 12.0 Å². The molecular formula is C21H21ClN4O5S. The van der Waals surface area contributed by atoms with Crippen molar-refractivity contribution in [1.29, 1.82) is 0 Å². The van der Waals surface area contributed by atoms with E-state index in [4.69, 9.17) is 16.3 Å². The number of carbonyl (C=O) groups excluding carboxylic acids is 1. The molecular weight excluding hydrogens is 456 g/mol. The van der Waals surface area contributed by atoms with Crippen molar-refractivity contribution in [2.45, 2.75) is 17.7 Å². The van der Waals surface area contributed by atoms with Crippen LogP contribution in [0.5, 0.6) is 5.88 Å². The number of benzene rings is 2. The summed E-state index contributed by atoms with van der Waals surface area (Å²) >= 11 is 5.98. The maximum Gasteiger partial charge on any atom is 0.265 e. The standard InChI is InChI=1S/C21H21ClN4O5S/c22-15-4-7-18-17(13-15)20(21(28)23-18)25-24-19(27)8-3-14-1-5-16(6-2-14)32(29,30)26-9-11-31-12-10-26/h1-2,4-7,13,23,28H,3,8-12H2. The molecule has 2 heterocycles. The van der Waals surface area contributed by atoms with Crippen LogP contribution in [0.25, 0.3) is 10.9 Å². The summed E-state index contributed by atoms with van der Waals surface area (Å²) in [7, 11) is -3.55. The lowest BCUT2D eigenvalue weighted by Gasteiger charge is -2.26. The SMILES string of the molecule is O=C(CCc1ccc(S(=O)(=O)N2CCOCC2)cc1)N=Nc1c(O)[nH]c2ccc(Cl)cc12. The third-order valence-electron chi connectivity index (χ3n) is 5.13. The van der Waals surface area contributed by atoms with E-state index >= 15 is 0 Å². The molecule has 0 saturated carbocycles. The third kappa shape index (κ3) is 4.83. The number of fused-ring (bicyclic) bond motifs is 1. The van der Waals surface area contributed by atoms with E-state index in [0.717, 1.165) is 5.56 Å². The Morgan fingerprint density at radius 3 is 2.59 bits per heavy atom. The molecule has 168 valence electrons. The van der Waals surface area contributed by atoms with E-state index in [0.29, 0.717) is 48.6 Å². The number of aromatic hydroxyl groups is 1. The number of hydrogen-bond donors (Lipinski definition) is 2. The molecule has 1 aliphatic rings. The number of aromatic amines is 1. The van der Waals surface area contributed by atoms with Crippen LogP contribution in [-0.2, 0) is 26.0 Å². The minimum absolute atomic E-state index is 0.0862. The summed E-state index contributed by atoms with van der Waals surface area (Å²) in [6.45, 7) is 1.44. The van der Waals surface area contributed by atoms with Gasteiger partial charge in [-0.2, -0.15) is 4.31 Å². The maximum atomic E-state index is 12.7. The second-order valence-corrected chi connectivity index (χ2v) is 9.64. The zero-order valence-electron chi connectivity index (χ0n) is 17.0. The van der Waals surface area contributed by atoms with E-state index in [2.05, 4.69) is 15.2 Å². The number of morpholine rings is 1. The van der Waals surface area contributed by atoms with Gasteiger partial charge in [-0.05, 0) is 42.3 Å². The number of rotatable bonds is 6. The van der Waals surface area contributed by atoms with Crippen molar-refractivity contribution in [3.8, 4) is 5.88 Å². The van der Waals surface area contributed by atoms with E-state index in [1.807, 2.05) is 0 Å². The van der Waals surface area contributed by atoms with Crippen molar-refractivity contribution in [3.05, 3.63) is 53.1 Å². The second kappa shape index (κ2) is 9.37. The Morgan fingerprint density at radius 1 is 1.16 bits per heavy atom. The highest BCUT2D eigenvalue weighted by molar-refractivity contribution is 7.89. The van der Waals surface area contributed by atoms with E-state index in [1.54, 1.807) is 42.5 Å². The molecule has 9 nitrogen and oxygen atoms in total. The van der Waals surface area contributed by atoms with Gasteiger partial charge in [0.15, 0.2) is 5.69 Å². The molecule has 11 heteroatoms. The lowest BCUT2D eigenvalue weighted by molar-refractivity contribution is -0.118. The van der Waals surface area contributed by atoms with Crippen molar-refractivity contribution in [3.63, 3.8) is 0 Å². The number of nitrogens with zero attached hydrogens (tertiary/aromatic N) is 3. The van der Waals surface area contributed by atoms with Crippen LogP contribution in [0.2, 0.25) is 5.02 Å². The van der Waals surface area contributed by atoms with Crippen LogP contribution < -0.4 is 0 Å². The molecule has 0 bridgehead atoms. The summed E-state index contributed by atoms with van der Waals surface area (Å²) in [5, 5.41) is 18.6. The summed E-state index contributed by atoms with van der Waals surface area (Å²) in [6, 6.07) is 11.4. The van der Waals surface area contributed by atoms with Gasteiger partial charge in [0, 0.05) is 29.9 Å². The van der Waals surface area contributed by atoms with Gasteiger partial charge in [-0.15, -0.1) is 10.2 Å². The van der Waals surface area contributed by atoms with Gasteiger partial charge in [0.1, 0.15) is 0 Å². The fourth-order valence-corrected chi connectivity index (χ4v) is 4.99. The van der Waals surface area contributed by atoms with Gasteiger partial charge in [0.2, 0.25) is 15.9 Å². The van der Waals surface area contributed by atoms with Crippen molar-refractivity contribution in [1.82, 2.24) is 9.29 Å². The topological polar surface area (TPSA) is 124 Å². The van der Waals surface area contributed by atoms with Crippen molar-refractivity contribution >= 4 is 44.1 Å². The number of nitrogens with one attached hydrogen (secondary N) is 1. The van der Waals surface area contributed by atoms with Crippen LogP contribution in [0, 0.1) is 0 Å². The first-order chi connectivity index (χ1) is 15.3. The smallest absolute Gasteiger partial charge is 0.265 e. The third-order valence-corrected chi connectivity index (χ3v) is 7.28. The minimum Gasteiger partial charge on any atom is -0.493 e. The first kappa shape index (κ1) is 22.4. The molecule has 0 spiro atoms.